The van der Waals surface area contributed by atoms with Gasteiger partial charge in [-0.25, -0.2) is 0 Å². The zero-order chi connectivity index (χ0) is 13.1. The second kappa shape index (κ2) is 5.27. The number of aromatic nitrogens is 4. The minimum absolute atomic E-state index is 0.816. The molecule has 2 aromatic rings. The van der Waals surface area contributed by atoms with Gasteiger partial charge in [-0.05, 0) is 49.4 Å². The van der Waals surface area contributed by atoms with E-state index in [9.17, 15) is 0 Å². The van der Waals surface area contributed by atoms with Crippen molar-refractivity contribution in [3.63, 3.8) is 0 Å². The number of hydrogen-bond acceptors (Lipinski definition) is 4. The first-order chi connectivity index (χ1) is 8.63. The molecule has 0 aliphatic rings. The Labute approximate surface area is 107 Å². The van der Waals surface area contributed by atoms with E-state index >= 15 is 0 Å². The molecular formula is C13H19N5. The molecule has 0 aliphatic carbocycles. The maximum Gasteiger partial charge on any atom is 0.157 e. The minimum atomic E-state index is 0.816. The van der Waals surface area contributed by atoms with Crippen LogP contribution in [0.15, 0.2) is 12.1 Å². The highest BCUT2D eigenvalue weighted by atomic mass is 15.5. The monoisotopic (exact) mass is 245 g/mol. The molecule has 0 saturated carbocycles. The summed E-state index contributed by atoms with van der Waals surface area (Å²) in [7, 11) is 1.93. The Balaban J connectivity index is 2.46. The second-order valence-corrected chi connectivity index (χ2v) is 4.61. The van der Waals surface area contributed by atoms with Gasteiger partial charge in [-0.15, -0.1) is 5.10 Å². The summed E-state index contributed by atoms with van der Waals surface area (Å²) in [5, 5.41) is 15.1. The Kier molecular flexibility index (Phi) is 3.72. The van der Waals surface area contributed by atoms with E-state index in [-0.39, 0.29) is 0 Å². The van der Waals surface area contributed by atoms with Crippen molar-refractivity contribution in [2.45, 2.75) is 27.2 Å². The van der Waals surface area contributed by atoms with Gasteiger partial charge in [0.1, 0.15) is 0 Å². The Morgan fingerprint density at radius 2 is 1.83 bits per heavy atom. The largest absolute Gasteiger partial charge is 0.319 e. The molecular weight excluding hydrogens is 226 g/mol. The van der Waals surface area contributed by atoms with Crippen LogP contribution in [0.2, 0.25) is 0 Å². The standard InChI is InChI=1S/C13H19N5/c1-9-7-10(2)13(11(3)8-9)18-12(5-6-14-4)15-16-17-18/h7-8,14H,5-6H2,1-4H3. The van der Waals surface area contributed by atoms with Gasteiger partial charge in [0, 0.05) is 13.0 Å². The van der Waals surface area contributed by atoms with Gasteiger partial charge in [-0.3, -0.25) is 0 Å². The Morgan fingerprint density at radius 3 is 2.44 bits per heavy atom. The Bertz CT molecular complexity index is 521. The van der Waals surface area contributed by atoms with E-state index in [1.807, 2.05) is 11.7 Å². The summed E-state index contributed by atoms with van der Waals surface area (Å²) in [5.41, 5.74) is 4.76. The quantitative estimate of drug-likeness (QED) is 0.883. The molecule has 1 heterocycles. The fraction of sp³-hybridized carbons (Fsp3) is 0.462. The minimum Gasteiger partial charge on any atom is -0.319 e. The van der Waals surface area contributed by atoms with Gasteiger partial charge in [0.25, 0.3) is 0 Å². The van der Waals surface area contributed by atoms with Crippen LogP contribution in [0, 0.1) is 20.8 Å². The van der Waals surface area contributed by atoms with Gasteiger partial charge < -0.3 is 5.32 Å². The number of tetrazole rings is 1. The smallest absolute Gasteiger partial charge is 0.157 e. The predicted octanol–water partition coefficient (Wildman–Crippen LogP) is 1.35. The zero-order valence-corrected chi connectivity index (χ0v) is 11.4. The van der Waals surface area contributed by atoms with Crippen LogP contribution < -0.4 is 5.32 Å². The fourth-order valence-electron chi connectivity index (χ4n) is 2.28. The summed E-state index contributed by atoms with van der Waals surface area (Å²) >= 11 is 0. The highest BCUT2D eigenvalue weighted by Gasteiger charge is 2.12. The summed E-state index contributed by atoms with van der Waals surface area (Å²) in [6.45, 7) is 7.16. The van der Waals surface area contributed by atoms with E-state index in [1.165, 1.54) is 16.7 Å². The molecule has 0 atom stereocenters. The molecule has 0 fully saturated rings. The summed E-state index contributed by atoms with van der Waals surface area (Å²) < 4.78 is 1.85. The summed E-state index contributed by atoms with van der Waals surface area (Å²) in [5.74, 6) is 0.888. The molecule has 96 valence electrons. The summed E-state index contributed by atoms with van der Waals surface area (Å²) in [4.78, 5) is 0. The number of hydrogen-bond donors (Lipinski definition) is 1. The molecule has 0 unspecified atom stereocenters. The van der Waals surface area contributed by atoms with E-state index in [0.29, 0.717) is 0 Å². The van der Waals surface area contributed by atoms with Crippen molar-refractivity contribution >= 4 is 0 Å². The van der Waals surface area contributed by atoms with Crippen LogP contribution in [0.3, 0.4) is 0 Å². The first kappa shape index (κ1) is 12.7. The highest BCUT2D eigenvalue weighted by molar-refractivity contribution is 5.48. The predicted molar refractivity (Wildman–Crippen MR) is 71.0 cm³/mol. The molecule has 18 heavy (non-hydrogen) atoms. The van der Waals surface area contributed by atoms with Crippen LogP contribution in [0.4, 0.5) is 0 Å². The van der Waals surface area contributed by atoms with Crippen molar-refractivity contribution in [1.82, 2.24) is 25.5 Å². The van der Waals surface area contributed by atoms with Gasteiger partial charge in [-0.2, -0.15) is 4.68 Å². The third-order valence-electron chi connectivity index (χ3n) is 2.98. The lowest BCUT2D eigenvalue weighted by Crippen LogP contribution is -2.15. The number of likely N-dealkylation sites (N-methyl/N-ethyl adjacent to an activating group) is 1. The third kappa shape index (κ3) is 2.41. The lowest BCUT2D eigenvalue weighted by atomic mass is 10.1. The second-order valence-electron chi connectivity index (χ2n) is 4.61. The number of aryl methyl sites for hydroxylation is 3. The van der Waals surface area contributed by atoms with E-state index in [1.54, 1.807) is 0 Å². The zero-order valence-electron chi connectivity index (χ0n) is 11.4. The molecule has 5 heteroatoms. The topological polar surface area (TPSA) is 55.6 Å². The number of benzene rings is 1. The highest BCUT2D eigenvalue weighted by Crippen LogP contribution is 2.20. The van der Waals surface area contributed by atoms with Gasteiger partial charge in [-0.1, -0.05) is 17.7 Å². The Hall–Kier alpha value is -1.75. The molecule has 1 N–H and O–H groups in total. The van der Waals surface area contributed by atoms with Crippen molar-refractivity contribution in [2.75, 3.05) is 13.6 Å². The molecule has 0 bridgehead atoms. The summed E-state index contributed by atoms with van der Waals surface area (Å²) in [6.07, 6.45) is 0.816. The number of rotatable bonds is 4. The van der Waals surface area contributed by atoms with Crippen LogP contribution in [0.1, 0.15) is 22.5 Å². The van der Waals surface area contributed by atoms with Gasteiger partial charge >= 0.3 is 0 Å². The molecule has 2 rings (SSSR count). The van der Waals surface area contributed by atoms with E-state index in [4.69, 9.17) is 0 Å². The molecule has 0 aliphatic heterocycles. The summed E-state index contributed by atoms with van der Waals surface area (Å²) in [6, 6.07) is 4.32. The van der Waals surface area contributed by atoms with Crippen molar-refractivity contribution < 1.29 is 0 Å². The van der Waals surface area contributed by atoms with Crippen molar-refractivity contribution in [3.8, 4) is 5.69 Å². The molecule has 0 amide bonds. The molecule has 1 aromatic carbocycles. The number of nitrogens with one attached hydrogen (secondary N) is 1. The molecule has 1 aromatic heterocycles. The van der Waals surface area contributed by atoms with Gasteiger partial charge in [0.2, 0.25) is 0 Å². The fourth-order valence-corrected chi connectivity index (χ4v) is 2.28. The van der Waals surface area contributed by atoms with Crippen LogP contribution in [-0.2, 0) is 6.42 Å². The first-order valence-corrected chi connectivity index (χ1v) is 6.13. The van der Waals surface area contributed by atoms with Crippen LogP contribution in [-0.4, -0.2) is 33.8 Å². The normalized spacial score (nSPS) is 10.9. The third-order valence-corrected chi connectivity index (χ3v) is 2.98. The average molecular weight is 245 g/mol. The van der Waals surface area contributed by atoms with Crippen LogP contribution in [0.5, 0.6) is 0 Å². The lowest BCUT2D eigenvalue weighted by Gasteiger charge is -2.12. The van der Waals surface area contributed by atoms with E-state index in [2.05, 4.69) is 53.7 Å². The van der Waals surface area contributed by atoms with E-state index < -0.39 is 0 Å². The van der Waals surface area contributed by atoms with Crippen molar-refractivity contribution in [3.05, 3.63) is 34.6 Å². The molecule has 0 radical (unpaired) electrons. The average Bonchev–Trinajstić information content (AvgIpc) is 2.73. The van der Waals surface area contributed by atoms with E-state index in [0.717, 1.165) is 24.5 Å². The maximum absolute atomic E-state index is 4.12. The van der Waals surface area contributed by atoms with Crippen LogP contribution in [0.25, 0.3) is 5.69 Å². The lowest BCUT2D eigenvalue weighted by molar-refractivity contribution is 0.712. The Morgan fingerprint density at radius 1 is 1.17 bits per heavy atom. The maximum atomic E-state index is 4.12. The van der Waals surface area contributed by atoms with Crippen molar-refractivity contribution in [2.24, 2.45) is 0 Å². The molecule has 0 spiro atoms. The SMILES string of the molecule is CNCCc1nnnn1-c1c(C)cc(C)cc1C. The van der Waals surface area contributed by atoms with Gasteiger partial charge in [0.15, 0.2) is 5.82 Å². The van der Waals surface area contributed by atoms with Crippen LogP contribution >= 0.6 is 0 Å². The molecule has 0 saturated heterocycles. The first-order valence-electron chi connectivity index (χ1n) is 6.13. The number of nitrogens with zero attached hydrogens (tertiary/aromatic N) is 4. The van der Waals surface area contributed by atoms with Gasteiger partial charge in [0.05, 0.1) is 5.69 Å². The van der Waals surface area contributed by atoms with Crippen molar-refractivity contribution in [1.29, 1.82) is 0 Å². The molecule has 5 nitrogen and oxygen atoms in total.